The Morgan fingerprint density at radius 1 is 1.19 bits per heavy atom. The van der Waals surface area contributed by atoms with E-state index < -0.39 is 0 Å². The van der Waals surface area contributed by atoms with Crippen molar-refractivity contribution >= 4 is 22.5 Å². The van der Waals surface area contributed by atoms with Gasteiger partial charge in [-0.05, 0) is 48.1 Å². The molecule has 0 aliphatic carbocycles. The second-order valence-corrected chi connectivity index (χ2v) is 7.09. The highest BCUT2D eigenvalue weighted by Gasteiger charge is 2.19. The van der Waals surface area contributed by atoms with Crippen molar-refractivity contribution in [2.24, 2.45) is 0 Å². The van der Waals surface area contributed by atoms with Crippen LogP contribution in [0, 0.1) is 0 Å². The monoisotopic (exact) mass is 359 g/mol. The van der Waals surface area contributed by atoms with Gasteiger partial charge in [0, 0.05) is 37.5 Å². The molecule has 1 aromatic carbocycles. The Balaban J connectivity index is 1.37. The van der Waals surface area contributed by atoms with Gasteiger partial charge in [0.1, 0.15) is 0 Å². The number of nitrogens with zero attached hydrogens (tertiary/aromatic N) is 2. The highest BCUT2D eigenvalue weighted by Crippen LogP contribution is 2.28. The van der Waals surface area contributed by atoms with Crippen LogP contribution in [0.2, 0.25) is 0 Å². The molecule has 0 atom stereocenters. The van der Waals surface area contributed by atoms with E-state index in [2.05, 4.69) is 47.2 Å². The maximum Gasteiger partial charge on any atom is 0.223 e. The molecule has 2 aromatic heterocycles. The van der Waals surface area contributed by atoms with Crippen molar-refractivity contribution in [3.63, 3.8) is 0 Å². The summed E-state index contributed by atoms with van der Waals surface area (Å²) in [5.41, 5.74) is 7.08. The number of aromatic amines is 1. The zero-order valence-corrected chi connectivity index (χ0v) is 15.7. The van der Waals surface area contributed by atoms with E-state index in [-0.39, 0.29) is 5.91 Å². The first-order chi connectivity index (χ1) is 13.2. The van der Waals surface area contributed by atoms with Crippen molar-refractivity contribution in [3.05, 3.63) is 71.6 Å². The Morgan fingerprint density at radius 3 is 2.74 bits per heavy atom. The topological polar surface area (TPSA) is 49.0 Å². The fraction of sp³-hybridized carbons (Fsp3) is 0.304. The number of H-pyrrole nitrogens is 1. The number of benzene rings is 1. The van der Waals surface area contributed by atoms with Crippen LogP contribution in [0.4, 0.5) is 0 Å². The van der Waals surface area contributed by atoms with Crippen molar-refractivity contribution in [2.75, 3.05) is 13.1 Å². The van der Waals surface area contributed by atoms with Gasteiger partial charge in [-0.2, -0.15) is 0 Å². The molecular formula is C23H25N3O. The Hall–Kier alpha value is -2.88. The third kappa shape index (κ3) is 3.80. The average Bonchev–Trinajstić information content (AvgIpc) is 3.16. The molecule has 1 aliphatic rings. The minimum absolute atomic E-state index is 0.238. The Labute approximate surface area is 159 Å². The second kappa shape index (κ2) is 7.78. The van der Waals surface area contributed by atoms with E-state index in [0.29, 0.717) is 13.0 Å². The van der Waals surface area contributed by atoms with E-state index in [0.717, 1.165) is 42.4 Å². The molecule has 0 bridgehead atoms. The molecule has 27 heavy (non-hydrogen) atoms. The van der Waals surface area contributed by atoms with Crippen LogP contribution in [0.1, 0.15) is 36.5 Å². The van der Waals surface area contributed by atoms with Gasteiger partial charge >= 0.3 is 0 Å². The quantitative estimate of drug-likeness (QED) is 0.735. The summed E-state index contributed by atoms with van der Waals surface area (Å²) in [7, 11) is 0. The number of hydrogen-bond donors (Lipinski definition) is 1. The summed E-state index contributed by atoms with van der Waals surface area (Å²) in [5, 5.41) is 0. The predicted molar refractivity (Wildman–Crippen MR) is 109 cm³/mol. The van der Waals surface area contributed by atoms with Gasteiger partial charge in [-0.3, -0.25) is 9.78 Å². The lowest BCUT2D eigenvalue weighted by Crippen LogP contribution is -2.34. The maximum atomic E-state index is 12.6. The van der Waals surface area contributed by atoms with E-state index in [9.17, 15) is 4.79 Å². The molecule has 3 heterocycles. The van der Waals surface area contributed by atoms with Crippen LogP contribution in [0.25, 0.3) is 16.6 Å². The van der Waals surface area contributed by atoms with Crippen LogP contribution in [-0.2, 0) is 17.6 Å². The number of amides is 1. The number of nitrogens with one attached hydrogen (secondary N) is 1. The summed E-state index contributed by atoms with van der Waals surface area (Å²) >= 11 is 0. The van der Waals surface area contributed by atoms with Crippen LogP contribution in [0.5, 0.6) is 0 Å². The first-order valence-electron chi connectivity index (χ1n) is 9.71. The first-order valence-corrected chi connectivity index (χ1v) is 9.71. The molecule has 4 nitrogen and oxygen atoms in total. The van der Waals surface area contributed by atoms with Crippen LogP contribution < -0.4 is 0 Å². The van der Waals surface area contributed by atoms with Gasteiger partial charge in [0.2, 0.25) is 5.91 Å². The van der Waals surface area contributed by atoms with Gasteiger partial charge < -0.3 is 9.88 Å². The number of aryl methyl sites for hydroxylation is 2. The van der Waals surface area contributed by atoms with Crippen LogP contribution >= 0.6 is 0 Å². The second-order valence-electron chi connectivity index (χ2n) is 7.09. The Bertz CT molecular complexity index is 969. The number of fused-ring (bicyclic) bond motifs is 1. The molecule has 1 N–H and O–H groups in total. The van der Waals surface area contributed by atoms with E-state index in [4.69, 9.17) is 0 Å². The number of rotatable bonds is 5. The predicted octanol–water partition coefficient (Wildman–Crippen LogP) is 4.37. The average molecular weight is 359 g/mol. The molecule has 0 unspecified atom stereocenters. The smallest absolute Gasteiger partial charge is 0.223 e. The molecule has 4 heteroatoms. The van der Waals surface area contributed by atoms with Crippen LogP contribution in [0.3, 0.4) is 0 Å². The van der Waals surface area contributed by atoms with Crippen LogP contribution in [-0.4, -0.2) is 33.9 Å². The van der Waals surface area contributed by atoms with E-state index in [1.807, 2.05) is 29.4 Å². The highest BCUT2D eigenvalue weighted by atomic mass is 16.2. The maximum absolute atomic E-state index is 12.6. The summed E-state index contributed by atoms with van der Waals surface area (Å²) in [4.78, 5) is 22.3. The minimum atomic E-state index is 0.238. The lowest BCUT2D eigenvalue weighted by atomic mass is 10.0. The Kier molecular flexibility index (Phi) is 5.05. The van der Waals surface area contributed by atoms with Gasteiger partial charge in [0.05, 0.1) is 11.0 Å². The SMILES string of the molecule is CCc1ccc(CCC(=O)N2CC=C(c3c[nH]c4cccnc34)CC2)cc1. The van der Waals surface area contributed by atoms with Crippen LogP contribution in [0.15, 0.2) is 54.9 Å². The largest absolute Gasteiger partial charge is 0.359 e. The van der Waals surface area contributed by atoms with Gasteiger partial charge in [0.15, 0.2) is 0 Å². The van der Waals surface area contributed by atoms with Gasteiger partial charge in [-0.15, -0.1) is 0 Å². The molecule has 0 saturated carbocycles. The molecule has 0 saturated heterocycles. The Morgan fingerprint density at radius 2 is 2.00 bits per heavy atom. The number of carbonyl (C=O) groups is 1. The summed E-state index contributed by atoms with van der Waals surface area (Å²) < 4.78 is 0. The normalized spacial score (nSPS) is 14.4. The molecule has 0 radical (unpaired) electrons. The van der Waals surface area contributed by atoms with Gasteiger partial charge in [-0.1, -0.05) is 37.3 Å². The van der Waals surface area contributed by atoms with E-state index in [1.54, 1.807) is 0 Å². The summed E-state index contributed by atoms with van der Waals surface area (Å²) in [6, 6.07) is 12.6. The van der Waals surface area contributed by atoms with Crippen molar-refractivity contribution in [1.29, 1.82) is 0 Å². The minimum Gasteiger partial charge on any atom is -0.359 e. The lowest BCUT2D eigenvalue weighted by molar-refractivity contribution is -0.130. The molecule has 1 aliphatic heterocycles. The van der Waals surface area contributed by atoms with Crippen molar-refractivity contribution < 1.29 is 4.79 Å². The number of carbonyl (C=O) groups excluding carboxylic acids is 1. The van der Waals surface area contributed by atoms with Crippen molar-refractivity contribution in [3.8, 4) is 0 Å². The molecule has 3 aromatic rings. The van der Waals surface area contributed by atoms with Gasteiger partial charge in [0.25, 0.3) is 0 Å². The summed E-state index contributed by atoms with van der Waals surface area (Å²) in [6.07, 6.45) is 9.33. The van der Waals surface area contributed by atoms with Gasteiger partial charge in [-0.25, -0.2) is 0 Å². The lowest BCUT2D eigenvalue weighted by Gasteiger charge is -2.26. The van der Waals surface area contributed by atoms with E-state index >= 15 is 0 Å². The molecule has 4 rings (SSSR count). The zero-order chi connectivity index (χ0) is 18.6. The summed E-state index contributed by atoms with van der Waals surface area (Å²) in [6.45, 7) is 3.62. The van der Waals surface area contributed by atoms with Crippen molar-refractivity contribution in [1.82, 2.24) is 14.9 Å². The zero-order valence-electron chi connectivity index (χ0n) is 15.7. The molecule has 138 valence electrons. The third-order valence-electron chi connectivity index (χ3n) is 5.40. The fourth-order valence-electron chi connectivity index (χ4n) is 3.69. The molecule has 0 spiro atoms. The fourth-order valence-corrected chi connectivity index (χ4v) is 3.69. The molecule has 0 fully saturated rings. The number of hydrogen-bond acceptors (Lipinski definition) is 2. The molecule has 1 amide bonds. The van der Waals surface area contributed by atoms with Crippen molar-refractivity contribution in [2.45, 2.75) is 32.6 Å². The molecular weight excluding hydrogens is 334 g/mol. The number of pyridine rings is 1. The standard InChI is InChI=1S/C23H25N3O/c1-2-17-5-7-18(8-6-17)9-10-22(27)26-14-11-19(12-15-26)20-16-25-21-4-3-13-24-23(20)21/h3-8,11,13,16,25H,2,9-10,12,14-15H2,1H3. The summed E-state index contributed by atoms with van der Waals surface area (Å²) in [5.74, 6) is 0.238. The highest BCUT2D eigenvalue weighted by molar-refractivity contribution is 5.90. The third-order valence-corrected chi connectivity index (χ3v) is 5.40. The first kappa shape index (κ1) is 17.5. The van der Waals surface area contributed by atoms with E-state index in [1.165, 1.54) is 16.7 Å². The number of aromatic nitrogens is 2.